The third-order valence-electron chi connectivity index (χ3n) is 4.63. The number of methoxy groups -OCH3 is 1. The van der Waals surface area contributed by atoms with Crippen LogP contribution in [0.25, 0.3) is 11.5 Å². The van der Waals surface area contributed by atoms with Crippen LogP contribution in [0.4, 0.5) is 0 Å². The highest BCUT2D eigenvalue weighted by Gasteiger charge is 2.18. The lowest BCUT2D eigenvalue weighted by Gasteiger charge is -2.24. The number of aryl methyl sites for hydroxylation is 1. The SMILES string of the molecule is COc1cccc([C@@H](C)N(C)Cc2nc(-c3ccccc3Cl)oc2C)c1. The zero-order valence-electron chi connectivity index (χ0n) is 15.5. The zero-order valence-corrected chi connectivity index (χ0v) is 16.2. The summed E-state index contributed by atoms with van der Waals surface area (Å²) in [5.74, 6) is 2.23. The fourth-order valence-electron chi connectivity index (χ4n) is 2.85. The van der Waals surface area contributed by atoms with Gasteiger partial charge in [0.25, 0.3) is 0 Å². The molecule has 0 aliphatic heterocycles. The van der Waals surface area contributed by atoms with E-state index in [1.54, 1.807) is 7.11 Å². The van der Waals surface area contributed by atoms with Crippen molar-refractivity contribution in [2.24, 2.45) is 0 Å². The maximum atomic E-state index is 6.26. The predicted molar refractivity (Wildman–Crippen MR) is 105 cm³/mol. The predicted octanol–water partition coefficient (Wildman–Crippen LogP) is 5.51. The molecule has 136 valence electrons. The summed E-state index contributed by atoms with van der Waals surface area (Å²) in [7, 11) is 3.76. The fraction of sp³-hybridized carbons (Fsp3) is 0.286. The van der Waals surface area contributed by atoms with E-state index in [0.29, 0.717) is 17.5 Å². The molecule has 0 N–H and O–H groups in total. The molecule has 1 heterocycles. The molecule has 0 unspecified atom stereocenters. The summed E-state index contributed by atoms with van der Waals surface area (Å²) in [5, 5.41) is 0.637. The van der Waals surface area contributed by atoms with Crippen LogP contribution in [0.15, 0.2) is 52.9 Å². The highest BCUT2D eigenvalue weighted by Crippen LogP contribution is 2.30. The Morgan fingerprint density at radius 3 is 2.69 bits per heavy atom. The monoisotopic (exact) mass is 370 g/mol. The minimum atomic E-state index is 0.213. The lowest BCUT2D eigenvalue weighted by Crippen LogP contribution is -2.22. The van der Waals surface area contributed by atoms with Crippen LogP contribution in [-0.2, 0) is 6.54 Å². The molecule has 0 fully saturated rings. The molecular weight excluding hydrogens is 348 g/mol. The number of oxazole rings is 1. The van der Waals surface area contributed by atoms with Gasteiger partial charge >= 0.3 is 0 Å². The van der Waals surface area contributed by atoms with E-state index in [4.69, 9.17) is 20.8 Å². The second-order valence-corrected chi connectivity index (χ2v) is 6.78. The van der Waals surface area contributed by atoms with Gasteiger partial charge in [0.05, 0.1) is 23.4 Å². The molecule has 0 amide bonds. The first kappa shape index (κ1) is 18.5. The second kappa shape index (κ2) is 7.94. The molecule has 0 aliphatic rings. The average Bonchev–Trinajstić information content (AvgIpc) is 3.01. The average molecular weight is 371 g/mol. The molecule has 26 heavy (non-hydrogen) atoms. The number of benzene rings is 2. The Labute approximate surface area is 159 Å². The minimum absolute atomic E-state index is 0.213. The third kappa shape index (κ3) is 3.92. The van der Waals surface area contributed by atoms with Crippen molar-refractivity contribution in [2.45, 2.75) is 26.4 Å². The molecule has 2 aromatic carbocycles. The molecule has 4 nitrogen and oxygen atoms in total. The minimum Gasteiger partial charge on any atom is -0.497 e. The van der Waals surface area contributed by atoms with Crippen LogP contribution in [0.1, 0.15) is 30.0 Å². The number of ether oxygens (including phenoxy) is 1. The van der Waals surface area contributed by atoms with Crippen molar-refractivity contribution >= 4 is 11.6 Å². The zero-order chi connectivity index (χ0) is 18.7. The van der Waals surface area contributed by atoms with E-state index < -0.39 is 0 Å². The topological polar surface area (TPSA) is 38.5 Å². The van der Waals surface area contributed by atoms with Crippen LogP contribution in [0.5, 0.6) is 5.75 Å². The van der Waals surface area contributed by atoms with Crippen molar-refractivity contribution in [3.8, 4) is 17.2 Å². The summed E-state index contributed by atoms with van der Waals surface area (Å²) in [6, 6.07) is 15.9. The lowest BCUT2D eigenvalue weighted by atomic mass is 10.1. The van der Waals surface area contributed by atoms with Crippen LogP contribution in [0, 0.1) is 6.92 Å². The van der Waals surface area contributed by atoms with Gasteiger partial charge in [0.15, 0.2) is 0 Å². The van der Waals surface area contributed by atoms with Crippen LogP contribution in [0.2, 0.25) is 5.02 Å². The van der Waals surface area contributed by atoms with Gasteiger partial charge in [0.1, 0.15) is 11.5 Å². The Balaban J connectivity index is 1.79. The first-order valence-electron chi connectivity index (χ1n) is 8.55. The first-order chi connectivity index (χ1) is 12.5. The van der Waals surface area contributed by atoms with Crippen molar-refractivity contribution in [3.63, 3.8) is 0 Å². The first-order valence-corrected chi connectivity index (χ1v) is 8.92. The molecule has 0 aliphatic carbocycles. The van der Waals surface area contributed by atoms with Gasteiger partial charge in [-0.15, -0.1) is 0 Å². The van der Waals surface area contributed by atoms with Gasteiger partial charge in [-0.25, -0.2) is 4.98 Å². The summed E-state index contributed by atoms with van der Waals surface area (Å²) in [6.07, 6.45) is 0. The van der Waals surface area contributed by atoms with Gasteiger partial charge in [-0.2, -0.15) is 0 Å². The van der Waals surface area contributed by atoms with Crippen molar-refractivity contribution in [1.82, 2.24) is 9.88 Å². The summed E-state index contributed by atoms with van der Waals surface area (Å²) in [5.41, 5.74) is 2.92. The summed E-state index contributed by atoms with van der Waals surface area (Å²) in [6.45, 7) is 4.78. The summed E-state index contributed by atoms with van der Waals surface area (Å²) < 4.78 is 11.2. The van der Waals surface area contributed by atoms with E-state index in [0.717, 1.165) is 22.8 Å². The maximum Gasteiger partial charge on any atom is 0.228 e. The molecule has 5 heteroatoms. The van der Waals surface area contributed by atoms with E-state index in [9.17, 15) is 0 Å². The molecule has 0 saturated heterocycles. The van der Waals surface area contributed by atoms with E-state index in [1.807, 2.05) is 43.3 Å². The highest BCUT2D eigenvalue weighted by atomic mass is 35.5. The van der Waals surface area contributed by atoms with Gasteiger partial charge in [0.2, 0.25) is 5.89 Å². The van der Waals surface area contributed by atoms with Gasteiger partial charge in [-0.1, -0.05) is 35.9 Å². The quantitative estimate of drug-likeness (QED) is 0.573. The molecule has 0 radical (unpaired) electrons. The van der Waals surface area contributed by atoms with Crippen LogP contribution in [-0.4, -0.2) is 24.0 Å². The summed E-state index contributed by atoms with van der Waals surface area (Å²) >= 11 is 6.26. The summed E-state index contributed by atoms with van der Waals surface area (Å²) in [4.78, 5) is 6.91. The molecular formula is C21H23ClN2O2. The molecule has 0 saturated carbocycles. The largest absolute Gasteiger partial charge is 0.497 e. The number of hydrogen-bond donors (Lipinski definition) is 0. The molecule has 3 aromatic rings. The third-order valence-corrected chi connectivity index (χ3v) is 4.96. The van der Waals surface area contributed by atoms with Crippen LogP contribution >= 0.6 is 11.6 Å². The van der Waals surface area contributed by atoms with Gasteiger partial charge < -0.3 is 9.15 Å². The smallest absolute Gasteiger partial charge is 0.228 e. The number of hydrogen-bond acceptors (Lipinski definition) is 4. The van der Waals surface area contributed by atoms with Crippen LogP contribution < -0.4 is 4.74 Å². The van der Waals surface area contributed by atoms with E-state index in [-0.39, 0.29) is 6.04 Å². The van der Waals surface area contributed by atoms with Crippen molar-refractivity contribution in [3.05, 3.63) is 70.6 Å². The standard InChI is InChI=1S/C21H23ClN2O2/c1-14(16-8-7-9-17(12-16)25-4)24(3)13-20-15(2)26-21(23-20)18-10-5-6-11-19(18)22/h5-12,14H,13H2,1-4H3/t14-/m1/s1. The molecule has 0 spiro atoms. The van der Waals surface area contributed by atoms with Gasteiger partial charge in [-0.05, 0) is 50.7 Å². The molecule has 1 atom stereocenters. The van der Waals surface area contributed by atoms with Gasteiger partial charge in [-0.3, -0.25) is 4.90 Å². The maximum absolute atomic E-state index is 6.26. The van der Waals surface area contributed by atoms with Gasteiger partial charge in [0, 0.05) is 12.6 Å². The Morgan fingerprint density at radius 1 is 1.19 bits per heavy atom. The molecule has 3 rings (SSSR count). The van der Waals surface area contributed by atoms with E-state index in [1.165, 1.54) is 5.56 Å². The van der Waals surface area contributed by atoms with Crippen molar-refractivity contribution in [1.29, 1.82) is 0 Å². The van der Waals surface area contributed by atoms with E-state index >= 15 is 0 Å². The Bertz CT molecular complexity index is 891. The lowest BCUT2D eigenvalue weighted by molar-refractivity contribution is 0.248. The van der Waals surface area contributed by atoms with Crippen LogP contribution in [0.3, 0.4) is 0 Å². The Hall–Kier alpha value is -2.30. The highest BCUT2D eigenvalue weighted by molar-refractivity contribution is 6.33. The normalized spacial score (nSPS) is 12.4. The second-order valence-electron chi connectivity index (χ2n) is 6.37. The molecule has 0 bridgehead atoms. The Kier molecular flexibility index (Phi) is 5.64. The van der Waals surface area contributed by atoms with Crippen molar-refractivity contribution < 1.29 is 9.15 Å². The van der Waals surface area contributed by atoms with E-state index in [2.05, 4.69) is 36.0 Å². The Morgan fingerprint density at radius 2 is 1.96 bits per heavy atom. The number of nitrogens with zero attached hydrogens (tertiary/aromatic N) is 2. The fourth-order valence-corrected chi connectivity index (χ4v) is 3.07. The number of aromatic nitrogens is 1. The van der Waals surface area contributed by atoms with Crippen molar-refractivity contribution in [2.75, 3.05) is 14.2 Å². The number of rotatable bonds is 6. The number of halogens is 1. The molecule has 1 aromatic heterocycles.